The van der Waals surface area contributed by atoms with Crippen LogP contribution < -0.4 is 16.4 Å². The molecule has 0 aromatic carbocycles. The number of nitrogens with zero attached hydrogens (tertiary/aromatic N) is 1. The molecule has 0 fully saturated rings. The summed E-state index contributed by atoms with van der Waals surface area (Å²) in [6.07, 6.45) is 12.8. The van der Waals surface area contributed by atoms with Crippen LogP contribution in [0.4, 0.5) is 0 Å². The Kier molecular flexibility index (Phi) is 13.2. The molecule has 31 heavy (non-hydrogen) atoms. The molecular formula is C24H40N4O3. The molecule has 0 radical (unpaired) electrons. The first kappa shape index (κ1) is 26.6. The normalized spacial score (nSPS) is 12.7. The van der Waals surface area contributed by atoms with Crippen molar-refractivity contribution in [3.8, 4) is 0 Å². The number of rotatable bonds is 17. The van der Waals surface area contributed by atoms with Gasteiger partial charge in [-0.25, -0.2) is 0 Å². The summed E-state index contributed by atoms with van der Waals surface area (Å²) in [6, 6.07) is 5.59. The molecule has 1 atom stereocenters. The third-order valence-corrected chi connectivity index (χ3v) is 5.34. The minimum atomic E-state index is -1.35. The molecule has 0 aliphatic carbocycles. The molecule has 1 aromatic heterocycles. The highest BCUT2D eigenvalue weighted by molar-refractivity contribution is 5.95. The highest BCUT2D eigenvalue weighted by Gasteiger charge is 2.36. The maximum Gasteiger partial charge on any atom is 0.246 e. The van der Waals surface area contributed by atoms with Crippen molar-refractivity contribution in [3.63, 3.8) is 0 Å². The fourth-order valence-electron chi connectivity index (χ4n) is 3.54. The molecule has 3 amide bonds. The quantitative estimate of drug-likeness (QED) is 0.327. The first-order valence-electron chi connectivity index (χ1n) is 11.6. The van der Waals surface area contributed by atoms with Crippen LogP contribution in [0.15, 0.2) is 24.4 Å². The van der Waals surface area contributed by atoms with Crippen molar-refractivity contribution in [2.75, 3.05) is 6.54 Å². The van der Waals surface area contributed by atoms with E-state index in [0.29, 0.717) is 19.4 Å². The number of hydrogen-bond donors (Lipinski definition) is 3. The van der Waals surface area contributed by atoms with Gasteiger partial charge in [0.15, 0.2) is 0 Å². The zero-order valence-electron chi connectivity index (χ0n) is 19.3. The Morgan fingerprint density at radius 1 is 1.00 bits per heavy atom. The van der Waals surface area contributed by atoms with Crippen molar-refractivity contribution >= 4 is 17.7 Å². The summed E-state index contributed by atoms with van der Waals surface area (Å²) in [6.45, 7) is 4.12. The van der Waals surface area contributed by atoms with E-state index in [0.717, 1.165) is 25.0 Å². The van der Waals surface area contributed by atoms with Gasteiger partial charge >= 0.3 is 0 Å². The molecule has 1 aromatic rings. The van der Waals surface area contributed by atoms with E-state index in [9.17, 15) is 14.4 Å². The lowest BCUT2D eigenvalue weighted by molar-refractivity contribution is -0.135. The lowest BCUT2D eigenvalue weighted by Gasteiger charge is -2.28. The molecule has 1 heterocycles. The molecule has 0 bridgehead atoms. The Balaban J connectivity index is 2.36. The van der Waals surface area contributed by atoms with E-state index in [1.165, 1.54) is 38.5 Å². The standard InChI is InChI=1S/C24H40N4O3/c1-3-4-5-6-7-8-9-10-11-15-22(30)28-24(2,19-21(25)29)23(31)27-18-16-20-14-12-13-17-26-20/h12-14,17H,3-11,15-16,18-19H2,1-2H3,(H2,25,29)(H,27,31)(H,28,30)/t24-/m1/s1. The highest BCUT2D eigenvalue weighted by atomic mass is 16.2. The second-order valence-corrected chi connectivity index (χ2v) is 8.43. The van der Waals surface area contributed by atoms with Gasteiger partial charge in [-0.15, -0.1) is 0 Å². The number of carbonyl (C=O) groups is 3. The van der Waals surface area contributed by atoms with Crippen molar-refractivity contribution in [2.45, 2.75) is 96.4 Å². The molecule has 0 spiro atoms. The highest BCUT2D eigenvalue weighted by Crippen LogP contribution is 2.13. The predicted octanol–water partition coefficient (Wildman–Crippen LogP) is 3.41. The molecule has 174 valence electrons. The number of nitrogens with two attached hydrogens (primary N) is 1. The van der Waals surface area contributed by atoms with Gasteiger partial charge in [-0.1, -0.05) is 64.4 Å². The van der Waals surface area contributed by atoms with Gasteiger partial charge in [0.05, 0.1) is 6.42 Å². The van der Waals surface area contributed by atoms with E-state index in [4.69, 9.17) is 5.73 Å². The van der Waals surface area contributed by atoms with Crippen LogP contribution in [0.1, 0.15) is 90.2 Å². The van der Waals surface area contributed by atoms with Gasteiger partial charge in [0.25, 0.3) is 0 Å². The van der Waals surface area contributed by atoms with Crippen molar-refractivity contribution in [3.05, 3.63) is 30.1 Å². The van der Waals surface area contributed by atoms with E-state index in [-0.39, 0.29) is 12.3 Å². The second kappa shape index (κ2) is 15.4. The van der Waals surface area contributed by atoms with Crippen molar-refractivity contribution < 1.29 is 14.4 Å². The number of aromatic nitrogens is 1. The average Bonchev–Trinajstić information content (AvgIpc) is 2.72. The fraction of sp³-hybridized carbons (Fsp3) is 0.667. The Morgan fingerprint density at radius 2 is 1.65 bits per heavy atom. The van der Waals surface area contributed by atoms with E-state index >= 15 is 0 Å². The Hall–Kier alpha value is -2.44. The van der Waals surface area contributed by atoms with Gasteiger partial charge in [0.1, 0.15) is 5.54 Å². The molecule has 1 rings (SSSR count). The largest absolute Gasteiger partial charge is 0.370 e. The molecule has 0 saturated heterocycles. The number of pyridine rings is 1. The molecule has 4 N–H and O–H groups in total. The van der Waals surface area contributed by atoms with Crippen molar-refractivity contribution in [2.24, 2.45) is 5.73 Å². The number of hydrogen-bond acceptors (Lipinski definition) is 4. The maximum absolute atomic E-state index is 12.7. The van der Waals surface area contributed by atoms with Crippen LogP contribution in [0.25, 0.3) is 0 Å². The Morgan fingerprint density at radius 3 is 2.23 bits per heavy atom. The van der Waals surface area contributed by atoms with Crippen LogP contribution in [0, 0.1) is 0 Å². The molecule has 0 unspecified atom stereocenters. The smallest absolute Gasteiger partial charge is 0.246 e. The summed E-state index contributed by atoms with van der Waals surface area (Å²) in [5, 5.41) is 5.52. The third kappa shape index (κ3) is 12.1. The van der Waals surface area contributed by atoms with Crippen molar-refractivity contribution in [1.82, 2.24) is 15.6 Å². The number of unbranched alkanes of at least 4 members (excludes halogenated alkanes) is 8. The number of carbonyl (C=O) groups excluding carboxylic acids is 3. The minimum absolute atomic E-state index is 0.230. The van der Waals surface area contributed by atoms with Gasteiger partial charge in [0, 0.05) is 31.3 Å². The zero-order valence-corrected chi connectivity index (χ0v) is 19.3. The SMILES string of the molecule is CCCCCCCCCCCC(=O)N[C@](C)(CC(N)=O)C(=O)NCCc1ccccn1. The van der Waals surface area contributed by atoms with Crippen LogP contribution in [-0.4, -0.2) is 34.8 Å². The number of nitrogens with one attached hydrogen (secondary N) is 2. The van der Waals surface area contributed by atoms with Crippen molar-refractivity contribution in [1.29, 1.82) is 0 Å². The van der Waals surface area contributed by atoms with E-state index in [1.54, 1.807) is 13.1 Å². The van der Waals surface area contributed by atoms with Crippen LogP contribution in [0.5, 0.6) is 0 Å². The zero-order chi connectivity index (χ0) is 23.0. The first-order valence-corrected chi connectivity index (χ1v) is 11.6. The maximum atomic E-state index is 12.7. The van der Waals surface area contributed by atoms with Gasteiger partial charge in [-0.05, 0) is 25.5 Å². The molecule has 0 aliphatic heterocycles. The van der Waals surface area contributed by atoms with Crippen LogP contribution >= 0.6 is 0 Å². The lowest BCUT2D eigenvalue weighted by Crippen LogP contribution is -2.58. The summed E-state index contributed by atoms with van der Waals surface area (Å²) >= 11 is 0. The molecule has 0 aliphatic rings. The molecule has 0 saturated carbocycles. The summed E-state index contributed by atoms with van der Waals surface area (Å²) in [4.78, 5) is 40.8. The number of amides is 3. The van der Waals surface area contributed by atoms with E-state index in [1.807, 2.05) is 18.2 Å². The van der Waals surface area contributed by atoms with Gasteiger partial charge in [0.2, 0.25) is 17.7 Å². The van der Waals surface area contributed by atoms with Crippen LogP contribution in [0.3, 0.4) is 0 Å². The van der Waals surface area contributed by atoms with Gasteiger partial charge in [-0.3, -0.25) is 19.4 Å². The predicted molar refractivity (Wildman–Crippen MR) is 123 cm³/mol. The summed E-state index contributed by atoms with van der Waals surface area (Å²) in [5.41, 5.74) is 4.83. The first-order chi connectivity index (χ1) is 14.9. The summed E-state index contributed by atoms with van der Waals surface area (Å²) in [5.74, 6) is -1.28. The topological polar surface area (TPSA) is 114 Å². The summed E-state index contributed by atoms with van der Waals surface area (Å²) < 4.78 is 0. The van der Waals surface area contributed by atoms with Crippen LogP contribution in [0.2, 0.25) is 0 Å². The Bertz CT molecular complexity index is 666. The van der Waals surface area contributed by atoms with Gasteiger partial charge in [-0.2, -0.15) is 0 Å². The van der Waals surface area contributed by atoms with E-state index < -0.39 is 17.4 Å². The molecule has 7 nitrogen and oxygen atoms in total. The monoisotopic (exact) mass is 432 g/mol. The lowest BCUT2D eigenvalue weighted by atomic mass is 9.95. The molecular weight excluding hydrogens is 392 g/mol. The minimum Gasteiger partial charge on any atom is -0.370 e. The second-order valence-electron chi connectivity index (χ2n) is 8.43. The van der Waals surface area contributed by atoms with Gasteiger partial charge < -0.3 is 16.4 Å². The fourth-order valence-corrected chi connectivity index (χ4v) is 3.54. The summed E-state index contributed by atoms with van der Waals surface area (Å²) in [7, 11) is 0. The van der Waals surface area contributed by atoms with E-state index in [2.05, 4.69) is 22.5 Å². The van der Waals surface area contributed by atoms with Crippen LogP contribution in [-0.2, 0) is 20.8 Å². The number of primary amides is 1. The molecule has 7 heteroatoms. The third-order valence-electron chi connectivity index (χ3n) is 5.34. The Labute approximate surface area is 187 Å². The average molecular weight is 433 g/mol.